The SMILES string of the molecule is COc1cc2ncnc(Nc3cccc(Cl)c3F)c2cc1O[C@@H]1C[C@@H](C(=O)N(C)C2CCCCC2)N(C)C1. The van der Waals surface area contributed by atoms with Gasteiger partial charge in [0, 0.05) is 37.5 Å². The zero-order valence-corrected chi connectivity index (χ0v) is 22.7. The maximum Gasteiger partial charge on any atom is 0.240 e. The number of nitrogens with one attached hydrogen (secondary N) is 1. The second-order valence-corrected chi connectivity index (χ2v) is 10.5. The van der Waals surface area contributed by atoms with Crippen molar-refractivity contribution in [1.82, 2.24) is 19.8 Å². The van der Waals surface area contributed by atoms with E-state index in [1.807, 2.05) is 19.0 Å². The van der Waals surface area contributed by atoms with Crippen LogP contribution in [0.4, 0.5) is 15.9 Å². The van der Waals surface area contributed by atoms with Crippen molar-refractivity contribution < 1.29 is 18.7 Å². The Balaban J connectivity index is 1.37. The number of hydrogen-bond donors (Lipinski definition) is 1. The molecule has 2 aliphatic rings. The number of fused-ring (bicyclic) bond motifs is 1. The molecule has 1 N–H and O–H groups in total. The predicted molar refractivity (Wildman–Crippen MR) is 146 cm³/mol. The van der Waals surface area contributed by atoms with Gasteiger partial charge in [-0.05, 0) is 38.1 Å². The van der Waals surface area contributed by atoms with Crippen molar-refractivity contribution in [2.24, 2.45) is 0 Å². The lowest BCUT2D eigenvalue weighted by Crippen LogP contribution is -2.47. The normalized spacial score (nSPS) is 20.4. The molecule has 0 unspecified atom stereocenters. The maximum absolute atomic E-state index is 14.6. The number of methoxy groups -OCH3 is 1. The second-order valence-electron chi connectivity index (χ2n) is 10.1. The van der Waals surface area contributed by atoms with Crippen molar-refractivity contribution in [3.63, 3.8) is 0 Å². The second kappa shape index (κ2) is 11.3. The smallest absolute Gasteiger partial charge is 0.240 e. The Kier molecular flexibility index (Phi) is 7.85. The first-order chi connectivity index (χ1) is 18.4. The highest BCUT2D eigenvalue weighted by atomic mass is 35.5. The van der Waals surface area contributed by atoms with Crippen LogP contribution >= 0.6 is 11.6 Å². The molecule has 1 amide bonds. The van der Waals surface area contributed by atoms with Crippen molar-refractivity contribution in [3.05, 3.63) is 47.5 Å². The fraction of sp³-hybridized carbons (Fsp3) is 0.464. The number of aromatic nitrogens is 2. The van der Waals surface area contributed by atoms with Gasteiger partial charge in [-0.25, -0.2) is 14.4 Å². The summed E-state index contributed by atoms with van der Waals surface area (Å²) in [6.45, 7) is 0.611. The van der Waals surface area contributed by atoms with Crippen LogP contribution in [0.15, 0.2) is 36.7 Å². The topological polar surface area (TPSA) is 79.8 Å². The summed E-state index contributed by atoms with van der Waals surface area (Å²) in [6, 6.07) is 8.39. The third kappa shape index (κ3) is 5.35. The summed E-state index contributed by atoms with van der Waals surface area (Å²) in [5.41, 5.74) is 0.816. The van der Waals surface area contributed by atoms with Gasteiger partial charge >= 0.3 is 0 Å². The molecule has 0 spiro atoms. The molecule has 1 saturated carbocycles. The zero-order chi connectivity index (χ0) is 26.8. The van der Waals surface area contributed by atoms with Gasteiger partial charge in [-0.1, -0.05) is 36.9 Å². The molecular formula is C28H33ClFN5O3. The van der Waals surface area contributed by atoms with Gasteiger partial charge in [-0.2, -0.15) is 0 Å². The van der Waals surface area contributed by atoms with Crippen molar-refractivity contribution in [1.29, 1.82) is 0 Å². The van der Waals surface area contributed by atoms with Crippen LogP contribution in [0.1, 0.15) is 38.5 Å². The minimum atomic E-state index is -0.561. The summed E-state index contributed by atoms with van der Waals surface area (Å²) in [5, 5.41) is 3.68. The number of amides is 1. The number of likely N-dealkylation sites (N-methyl/N-ethyl adjacent to an activating group) is 2. The van der Waals surface area contributed by atoms with Crippen LogP contribution in [0.5, 0.6) is 11.5 Å². The minimum Gasteiger partial charge on any atom is -0.493 e. The van der Waals surface area contributed by atoms with E-state index in [-0.39, 0.29) is 28.8 Å². The Morgan fingerprint density at radius 2 is 1.97 bits per heavy atom. The molecule has 2 fully saturated rings. The molecule has 202 valence electrons. The molecule has 2 atom stereocenters. The fourth-order valence-electron chi connectivity index (χ4n) is 5.53. The van der Waals surface area contributed by atoms with Crippen LogP contribution in [0.3, 0.4) is 0 Å². The van der Waals surface area contributed by atoms with Gasteiger partial charge in [0.05, 0.1) is 29.4 Å². The number of nitrogens with zero attached hydrogens (tertiary/aromatic N) is 4. The first-order valence-corrected chi connectivity index (χ1v) is 13.4. The highest BCUT2D eigenvalue weighted by molar-refractivity contribution is 6.31. The van der Waals surface area contributed by atoms with E-state index in [2.05, 4.69) is 20.2 Å². The number of carbonyl (C=O) groups is 1. The summed E-state index contributed by atoms with van der Waals surface area (Å²) in [5.74, 6) is 1.03. The number of likely N-dealkylation sites (tertiary alicyclic amines) is 1. The van der Waals surface area contributed by atoms with E-state index >= 15 is 0 Å². The largest absolute Gasteiger partial charge is 0.493 e. The van der Waals surface area contributed by atoms with E-state index in [1.54, 1.807) is 31.4 Å². The lowest BCUT2D eigenvalue weighted by molar-refractivity contribution is -0.137. The average molecular weight is 542 g/mol. The molecule has 8 nitrogen and oxygen atoms in total. The monoisotopic (exact) mass is 541 g/mol. The molecule has 10 heteroatoms. The van der Waals surface area contributed by atoms with E-state index in [9.17, 15) is 9.18 Å². The van der Waals surface area contributed by atoms with Gasteiger partial charge < -0.3 is 19.7 Å². The van der Waals surface area contributed by atoms with Crippen LogP contribution < -0.4 is 14.8 Å². The molecule has 1 aromatic heterocycles. The lowest BCUT2D eigenvalue weighted by Gasteiger charge is -2.34. The Labute approximate surface area is 227 Å². The van der Waals surface area contributed by atoms with Crippen LogP contribution in [0.25, 0.3) is 10.9 Å². The number of halogens is 2. The molecule has 0 bridgehead atoms. The van der Waals surface area contributed by atoms with Crippen molar-refractivity contribution in [2.75, 3.05) is 33.1 Å². The molecule has 0 radical (unpaired) electrons. The van der Waals surface area contributed by atoms with E-state index in [0.29, 0.717) is 47.2 Å². The molecular weight excluding hydrogens is 509 g/mol. The number of carbonyl (C=O) groups excluding carboxylic acids is 1. The molecule has 2 heterocycles. The Bertz CT molecular complexity index is 1320. The first kappa shape index (κ1) is 26.4. The Hall–Kier alpha value is -3.17. The van der Waals surface area contributed by atoms with Crippen LogP contribution in [-0.2, 0) is 4.79 Å². The van der Waals surface area contributed by atoms with Gasteiger partial charge in [0.1, 0.15) is 18.2 Å². The van der Waals surface area contributed by atoms with E-state index < -0.39 is 5.82 Å². The zero-order valence-electron chi connectivity index (χ0n) is 21.9. The van der Waals surface area contributed by atoms with Crippen molar-refractivity contribution >= 4 is 39.9 Å². The van der Waals surface area contributed by atoms with Crippen LogP contribution in [0.2, 0.25) is 5.02 Å². The summed E-state index contributed by atoms with van der Waals surface area (Å²) in [6.07, 6.45) is 7.54. The minimum absolute atomic E-state index is 0.0163. The van der Waals surface area contributed by atoms with E-state index in [4.69, 9.17) is 21.1 Å². The predicted octanol–water partition coefficient (Wildman–Crippen LogP) is 5.42. The first-order valence-electron chi connectivity index (χ1n) is 13.0. The number of anilines is 2. The number of rotatable bonds is 7. The van der Waals surface area contributed by atoms with Crippen molar-refractivity contribution in [2.45, 2.75) is 56.7 Å². The average Bonchev–Trinajstić information content (AvgIpc) is 3.30. The Morgan fingerprint density at radius 3 is 2.74 bits per heavy atom. The quantitative estimate of drug-likeness (QED) is 0.428. The standard InChI is InChI=1S/C28H33ClFN5O3/c1-34-15-18(12-23(34)28(36)35(2)17-8-5-4-6-9-17)38-25-13-19-22(14-24(25)37-3)31-16-32-27(19)33-21-11-7-10-20(29)26(21)30/h7,10-11,13-14,16-18,23H,4-6,8-9,12,15H2,1-3H3,(H,31,32,33)/t18-,23+/m1/s1. The maximum atomic E-state index is 14.6. The highest BCUT2D eigenvalue weighted by Crippen LogP contribution is 2.37. The van der Waals surface area contributed by atoms with Crippen LogP contribution in [-0.4, -0.2) is 71.6 Å². The lowest BCUT2D eigenvalue weighted by atomic mass is 9.94. The van der Waals surface area contributed by atoms with Gasteiger partial charge in [0.25, 0.3) is 0 Å². The highest BCUT2D eigenvalue weighted by Gasteiger charge is 2.39. The molecule has 1 saturated heterocycles. The molecule has 1 aliphatic heterocycles. The summed E-state index contributed by atoms with van der Waals surface area (Å²) >= 11 is 5.95. The van der Waals surface area contributed by atoms with E-state index in [0.717, 1.165) is 12.8 Å². The fourth-order valence-corrected chi connectivity index (χ4v) is 5.71. The summed E-state index contributed by atoms with van der Waals surface area (Å²) in [4.78, 5) is 26.1. The van der Waals surface area contributed by atoms with Gasteiger partial charge in [-0.3, -0.25) is 9.69 Å². The number of benzene rings is 2. The molecule has 5 rings (SSSR count). The third-order valence-electron chi connectivity index (χ3n) is 7.68. The summed E-state index contributed by atoms with van der Waals surface area (Å²) < 4.78 is 26.6. The number of hydrogen-bond acceptors (Lipinski definition) is 7. The van der Waals surface area contributed by atoms with Gasteiger partial charge in [-0.15, -0.1) is 0 Å². The summed E-state index contributed by atoms with van der Waals surface area (Å²) in [7, 11) is 5.47. The molecule has 38 heavy (non-hydrogen) atoms. The van der Waals surface area contributed by atoms with Crippen LogP contribution in [0, 0.1) is 5.82 Å². The van der Waals surface area contributed by atoms with Gasteiger partial charge in [0.15, 0.2) is 17.3 Å². The van der Waals surface area contributed by atoms with Crippen molar-refractivity contribution in [3.8, 4) is 11.5 Å². The molecule has 1 aliphatic carbocycles. The van der Waals surface area contributed by atoms with E-state index in [1.165, 1.54) is 31.7 Å². The third-order valence-corrected chi connectivity index (χ3v) is 7.98. The Morgan fingerprint density at radius 1 is 1.18 bits per heavy atom. The van der Waals surface area contributed by atoms with Gasteiger partial charge in [0.2, 0.25) is 5.91 Å². The molecule has 2 aromatic carbocycles. The number of ether oxygens (including phenoxy) is 2. The molecule has 3 aromatic rings.